The molecule has 3 rings (SSSR count). The fraction of sp³-hybridized carbons (Fsp3) is 0.300. The van der Waals surface area contributed by atoms with Gasteiger partial charge in [-0.15, -0.1) is 0 Å². The third-order valence-corrected chi connectivity index (χ3v) is 4.43. The van der Waals surface area contributed by atoms with Gasteiger partial charge in [0.1, 0.15) is 5.82 Å². The number of halogens is 1. The molecule has 0 aromatic heterocycles. The Morgan fingerprint density at radius 2 is 1.84 bits per heavy atom. The number of anilines is 1. The lowest BCUT2D eigenvalue weighted by Gasteiger charge is -2.20. The molecule has 4 nitrogen and oxygen atoms in total. The normalized spacial score (nSPS) is 13.0. The molecule has 0 heterocycles. The molecule has 1 N–H and O–H groups in total. The van der Waals surface area contributed by atoms with Crippen molar-refractivity contribution in [3.05, 3.63) is 65.0 Å². The smallest absolute Gasteiger partial charge is 0.254 e. The van der Waals surface area contributed by atoms with Crippen molar-refractivity contribution in [2.75, 3.05) is 18.9 Å². The maximum Gasteiger partial charge on any atom is 0.254 e. The highest BCUT2D eigenvalue weighted by molar-refractivity contribution is 5.99. The van der Waals surface area contributed by atoms with Gasteiger partial charge in [-0.1, -0.05) is 12.1 Å². The van der Waals surface area contributed by atoms with E-state index in [1.807, 2.05) is 18.2 Å². The largest absolute Gasteiger partial charge is 0.332 e. The highest BCUT2D eigenvalue weighted by atomic mass is 19.1. The molecule has 0 aliphatic heterocycles. The Kier molecular flexibility index (Phi) is 5.12. The fourth-order valence-corrected chi connectivity index (χ4v) is 3.14. The molecule has 0 bridgehead atoms. The number of fused-ring (bicyclic) bond motifs is 1. The van der Waals surface area contributed by atoms with E-state index in [0.717, 1.165) is 19.3 Å². The van der Waals surface area contributed by atoms with Gasteiger partial charge in [0.15, 0.2) is 0 Å². The van der Waals surface area contributed by atoms with Crippen molar-refractivity contribution in [1.29, 1.82) is 0 Å². The van der Waals surface area contributed by atoms with Crippen molar-refractivity contribution in [3.63, 3.8) is 0 Å². The van der Waals surface area contributed by atoms with E-state index in [-0.39, 0.29) is 18.4 Å². The predicted octanol–water partition coefficient (Wildman–Crippen LogP) is 3.42. The summed E-state index contributed by atoms with van der Waals surface area (Å²) in [5, 5.41) is 2.60. The number of hydrogen-bond acceptors (Lipinski definition) is 2. The summed E-state index contributed by atoms with van der Waals surface area (Å²) in [6.07, 6.45) is 4.41. The van der Waals surface area contributed by atoms with Crippen LogP contribution in [0.2, 0.25) is 0 Å². The number of rotatable bonds is 4. The zero-order valence-corrected chi connectivity index (χ0v) is 14.2. The molecule has 0 unspecified atom stereocenters. The fourth-order valence-electron chi connectivity index (χ4n) is 3.14. The van der Waals surface area contributed by atoms with Crippen molar-refractivity contribution in [2.45, 2.75) is 25.7 Å². The van der Waals surface area contributed by atoms with Gasteiger partial charge in [0.05, 0.1) is 6.54 Å². The molecule has 1 aliphatic carbocycles. The van der Waals surface area contributed by atoms with Crippen molar-refractivity contribution in [1.82, 2.24) is 4.90 Å². The van der Waals surface area contributed by atoms with Crippen molar-refractivity contribution < 1.29 is 14.0 Å². The quantitative estimate of drug-likeness (QED) is 0.927. The van der Waals surface area contributed by atoms with E-state index in [0.29, 0.717) is 11.3 Å². The van der Waals surface area contributed by atoms with E-state index in [4.69, 9.17) is 0 Å². The number of aryl methyl sites for hydroxylation is 2. The molecule has 0 saturated heterocycles. The van der Waals surface area contributed by atoms with E-state index >= 15 is 0 Å². The lowest BCUT2D eigenvalue weighted by atomic mass is 9.90. The van der Waals surface area contributed by atoms with Crippen molar-refractivity contribution >= 4 is 17.5 Å². The molecule has 1 aliphatic rings. The Balaban J connectivity index is 1.63. The Hall–Kier alpha value is -2.69. The van der Waals surface area contributed by atoms with Crippen LogP contribution in [-0.4, -0.2) is 30.3 Å². The van der Waals surface area contributed by atoms with Crippen LogP contribution in [0.3, 0.4) is 0 Å². The topological polar surface area (TPSA) is 49.4 Å². The van der Waals surface area contributed by atoms with E-state index < -0.39 is 5.82 Å². The van der Waals surface area contributed by atoms with Crippen LogP contribution < -0.4 is 5.32 Å². The van der Waals surface area contributed by atoms with E-state index in [1.54, 1.807) is 13.1 Å². The molecule has 0 spiro atoms. The molecule has 2 aromatic rings. The standard InChI is InChI=1S/C20H21FN2O2/c1-23(13-19(24)22-18-8-4-7-17(21)12-18)20(25)16-10-9-14-5-2-3-6-15(14)11-16/h4,7-12H,2-3,5-6,13H2,1H3,(H,22,24). The predicted molar refractivity (Wildman–Crippen MR) is 95.1 cm³/mol. The maximum absolute atomic E-state index is 13.2. The Morgan fingerprint density at radius 3 is 2.60 bits per heavy atom. The number of likely N-dealkylation sites (N-methyl/N-ethyl adjacent to an activating group) is 1. The third-order valence-electron chi connectivity index (χ3n) is 4.43. The van der Waals surface area contributed by atoms with Gasteiger partial charge in [-0.05, 0) is 67.1 Å². The molecule has 0 saturated carbocycles. The molecule has 130 valence electrons. The van der Waals surface area contributed by atoms with Crippen LogP contribution in [0.15, 0.2) is 42.5 Å². The highest BCUT2D eigenvalue weighted by Gasteiger charge is 2.17. The van der Waals surface area contributed by atoms with Gasteiger partial charge in [0.2, 0.25) is 5.91 Å². The first-order chi connectivity index (χ1) is 12.0. The second-order valence-electron chi connectivity index (χ2n) is 6.41. The summed E-state index contributed by atoms with van der Waals surface area (Å²) in [6, 6.07) is 11.5. The van der Waals surface area contributed by atoms with Crippen LogP contribution in [0.5, 0.6) is 0 Å². The molecule has 5 heteroatoms. The first-order valence-electron chi connectivity index (χ1n) is 8.45. The van der Waals surface area contributed by atoms with Crippen LogP contribution in [-0.2, 0) is 17.6 Å². The first kappa shape index (κ1) is 17.1. The minimum atomic E-state index is -0.420. The molecule has 0 atom stereocenters. The van der Waals surface area contributed by atoms with Crippen LogP contribution in [0.1, 0.15) is 34.3 Å². The number of hydrogen-bond donors (Lipinski definition) is 1. The first-order valence-corrected chi connectivity index (χ1v) is 8.45. The van der Waals surface area contributed by atoms with E-state index in [1.165, 1.54) is 40.6 Å². The van der Waals surface area contributed by atoms with Gasteiger partial charge >= 0.3 is 0 Å². The minimum absolute atomic E-state index is 0.0908. The van der Waals surface area contributed by atoms with Crippen LogP contribution in [0.25, 0.3) is 0 Å². The average Bonchev–Trinajstić information content (AvgIpc) is 2.60. The molecule has 2 amide bonds. The molecular weight excluding hydrogens is 319 g/mol. The molecule has 0 radical (unpaired) electrons. The SMILES string of the molecule is CN(CC(=O)Nc1cccc(F)c1)C(=O)c1ccc2c(c1)CCCC2. The number of nitrogens with one attached hydrogen (secondary N) is 1. The van der Waals surface area contributed by atoms with Gasteiger partial charge in [-0.3, -0.25) is 9.59 Å². The third kappa shape index (κ3) is 4.24. The molecule has 25 heavy (non-hydrogen) atoms. The van der Waals surface area contributed by atoms with Gasteiger partial charge in [-0.25, -0.2) is 4.39 Å². The Labute approximate surface area is 146 Å². The van der Waals surface area contributed by atoms with Gasteiger partial charge in [-0.2, -0.15) is 0 Å². The maximum atomic E-state index is 13.2. The number of amides is 2. The molecule has 0 fully saturated rings. The van der Waals surface area contributed by atoms with Crippen molar-refractivity contribution in [3.8, 4) is 0 Å². The van der Waals surface area contributed by atoms with Gasteiger partial charge < -0.3 is 10.2 Å². The minimum Gasteiger partial charge on any atom is -0.332 e. The average molecular weight is 340 g/mol. The van der Waals surface area contributed by atoms with Crippen LogP contribution >= 0.6 is 0 Å². The Morgan fingerprint density at radius 1 is 1.08 bits per heavy atom. The zero-order chi connectivity index (χ0) is 17.8. The second kappa shape index (κ2) is 7.47. The zero-order valence-electron chi connectivity index (χ0n) is 14.2. The van der Waals surface area contributed by atoms with Crippen LogP contribution in [0.4, 0.5) is 10.1 Å². The number of carbonyl (C=O) groups is 2. The van der Waals surface area contributed by atoms with E-state index in [2.05, 4.69) is 5.32 Å². The summed E-state index contributed by atoms with van der Waals surface area (Å²) in [4.78, 5) is 26.0. The number of nitrogens with zero attached hydrogens (tertiary/aromatic N) is 1. The highest BCUT2D eigenvalue weighted by Crippen LogP contribution is 2.22. The Bertz CT molecular complexity index is 804. The summed E-state index contributed by atoms with van der Waals surface area (Å²) in [5.74, 6) is -0.974. The number of carbonyl (C=O) groups excluding carboxylic acids is 2. The summed E-state index contributed by atoms with van der Waals surface area (Å²) >= 11 is 0. The lowest BCUT2D eigenvalue weighted by molar-refractivity contribution is -0.116. The summed E-state index contributed by atoms with van der Waals surface area (Å²) in [7, 11) is 1.59. The summed E-state index contributed by atoms with van der Waals surface area (Å²) in [5.41, 5.74) is 3.52. The second-order valence-corrected chi connectivity index (χ2v) is 6.41. The number of benzene rings is 2. The molecular formula is C20H21FN2O2. The summed E-state index contributed by atoms with van der Waals surface area (Å²) < 4.78 is 13.2. The van der Waals surface area contributed by atoms with Gasteiger partial charge in [0, 0.05) is 18.3 Å². The van der Waals surface area contributed by atoms with Crippen molar-refractivity contribution in [2.24, 2.45) is 0 Å². The monoisotopic (exact) mass is 340 g/mol. The van der Waals surface area contributed by atoms with Crippen LogP contribution in [0, 0.1) is 5.82 Å². The van der Waals surface area contributed by atoms with E-state index in [9.17, 15) is 14.0 Å². The van der Waals surface area contributed by atoms with Gasteiger partial charge in [0.25, 0.3) is 5.91 Å². The summed E-state index contributed by atoms with van der Waals surface area (Å²) in [6.45, 7) is -0.0908. The molecule has 2 aromatic carbocycles. The lowest BCUT2D eigenvalue weighted by Crippen LogP contribution is -2.35.